The van der Waals surface area contributed by atoms with Crippen LogP contribution in [0.4, 0.5) is 0 Å². The number of benzene rings is 3. The van der Waals surface area contributed by atoms with Crippen molar-refractivity contribution in [3.63, 3.8) is 0 Å². The van der Waals surface area contributed by atoms with E-state index in [-0.39, 0.29) is 5.56 Å². The largest absolute Gasteiger partial charge is 0.490 e. The molecule has 3 aromatic carbocycles. The van der Waals surface area contributed by atoms with E-state index in [9.17, 15) is 4.79 Å². The maximum atomic E-state index is 13.2. The van der Waals surface area contributed by atoms with Crippen LogP contribution in [0.25, 0.3) is 22.3 Å². The first kappa shape index (κ1) is 22.3. The van der Waals surface area contributed by atoms with Gasteiger partial charge >= 0.3 is 0 Å². The fraction of sp³-hybridized carbons (Fsp3) is 0.200. The fourth-order valence-corrected chi connectivity index (χ4v) is 3.68. The highest BCUT2D eigenvalue weighted by molar-refractivity contribution is 6.32. The zero-order valence-corrected chi connectivity index (χ0v) is 19.1. The molecule has 1 aromatic heterocycles. The smallest absolute Gasteiger partial charge is 0.261 e. The van der Waals surface area contributed by atoms with Gasteiger partial charge in [0.15, 0.2) is 0 Å². The molecule has 32 heavy (non-hydrogen) atoms. The van der Waals surface area contributed by atoms with Crippen molar-refractivity contribution in [2.24, 2.45) is 0 Å². The summed E-state index contributed by atoms with van der Waals surface area (Å²) in [5.74, 6) is 1.21. The van der Waals surface area contributed by atoms with Gasteiger partial charge in [-0.2, -0.15) is 0 Å². The zero-order valence-electron chi connectivity index (χ0n) is 17.6. The average Bonchev–Trinajstić information content (AvgIpc) is 2.80. The summed E-state index contributed by atoms with van der Waals surface area (Å²) in [7, 11) is 0. The number of hydrogen-bond donors (Lipinski definition) is 0. The van der Waals surface area contributed by atoms with E-state index in [1.54, 1.807) is 22.8 Å². The summed E-state index contributed by atoms with van der Waals surface area (Å²) >= 11 is 12.2. The molecule has 1 heterocycles. The quantitative estimate of drug-likeness (QED) is 0.307. The summed E-state index contributed by atoms with van der Waals surface area (Å²) in [4.78, 5) is 17.9. The van der Waals surface area contributed by atoms with E-state index in [2.05, 4.69) is 0 Å². The molecule has 0 atom stereocenters. The third-order valence-electron chi connectivity index (χ3n) is 5.00. The summed E-state index contributed by atoms with van der Waals surface area (Å²) in [6, 6.07) is 20.2. The highest BCUT2D eigenvalue weighted by Crippen LogP contribution is 2.25. The molecule has 0 radical (unpaired) electrons. The average molecular weight is 469 g/mol. The van der Waals surface area contributed by atoms with Gasteiger partial charge in [0.25, 0.3) is 5.56 Å². The number of aryl methyl sites for hydroxylation is 1. The number of nitrogens with zero attached hydrogens (tertiary/aromatic N) is 2. The van der Waals surface area contributed by atoms with Crippen LogP contribution < -0.4 is 10.3 Å². The van der Waals surface area contributed by atoms with E-state index in [1.165, 1.54) is 0 Å². The monoisotopic (exact) mass is 468 g/mol. The molecule has 164 valence electrons. The molecule has 0 bridgehead atoms. The number of halogens is 2. The van der Waals surface area contributed by atoms with Gasteiger partial charge in [0.05, 0.1) is 35.7 Å². The van der Waals surface area contributed by atoms with Crippen LogP contribution in [-0.2, 0) is 11.3 Å². The second kappa shape index (κ2) is 10.2. The van der Waals surface area contributed by atoms with Gasteiger partial charge in [0.2, 0.25) is 0 Å². The predicted octanol–water partition coefficient (Wildman–Crippen LogP) is 5.77. The molecular weight excluding hydrogens is 447 g/mol. The van der Waals surface area contributed by atoms with Crippen molar-refractivity contribution in [1.82, 2.24) is 9.55 Å². The molecule has 0 saturated heterocycles. The van der Waals surface area contributed by atoms with Crippen LogP contribution in [-0.4, -0.2) is 29.4 Å². The van der Waals surface area contributed by atoms with Gasteiger partial charge in [0.1, 0.15) is 18.2 Å². The van der Waals surface area contributed by atoms with E-state index in [1.807, 2.05) is 55.5 Å². The summed E-state index contributed by atoms with van der Waals surface area (Å²) in [6.07, 6.45) is 0. The molecule has 0 amide bonds. The lowest BCUT2D eigenvalue weighted by atomic mass is 10.2. The number of ether oxygens (including phenoxy) is 2. The van der Waals surface area contributed by atoms with E-state index in [0.29, 0.717) is 58.9 Å². The summed E-state index contributed by atoms with van der Waals surface area (Å²) in [6.45, 7) is 3.41. The number of rotatable bonds is 8. The normalized spacial score (nSPS) is 11.1. The van der Waals surface area contributed by atoms with Gasteiger partial charge in [0, 0.05) is 10.6 Å². The van der Waals surface area contributed by atoms with Gasteiger partial charge in [-0.05, 0) is 61.0 Å². The van der Waals surface area contributed by atoms with E-state index >= 15 is 0 Å². The first-order valence-corrected chi connectivity index (χ1v) is 11.0. The topological polar surface area (TPSA) is 53.4 Å². The van der Waals surface area contributed by atoms with Gasteiger partial charge in [-0.1, -0.05) is 41.4 Å². The Morgan fingerprint density at radius 1 is 0.938 bits per heavy atom. The predicted molar refractivity (Wildman–Crippen MR) is 129 cm³/mol. The lowest BCUT2D eigenvalue weighted by molar-refractivity contribution is 0.0941. The van der Waals surface area contributed by atoms with Crippen molar-refractivity contribution in [3.8, 4) is 17.1 Å². The minimum Gasteiger partial charge on any atom is -0.490 e. The molecule has 0 aliphatic rings. The Bertz CT molecular complexity index is 1290. The summed E-state index contributed by atoms with van der Waals surface area (Å²) in [5.41, 5.74) is 2.44. The Hall–Kier alpha value is -2.86. The third kappa shape index (κ3) is 5.13. The molecule has 7 heteroatoms. The first-order valence-electron chi connectivity index (χ1n) is 10.2. The van der Waals surface area contributed by atoms with Gasteiger partial charge in [-0.15, -0.1) is 0 Å². The van der Waals surface area contributed by atoms with Crippen LogP contribution in [0.1, 0.15) is 5.56 Å². The standard InChI is InChI=1S/C25H22Cl2N2O3/c1-17-6-11-21(27)23(16-17)32-15-14-31-13-12-29-24(18-7-9-19(26)10-8-18)28-22-5-3-2-4-20(22)25(29)30/h2-11,16H,12-15H2,1H3. The van der Waals surface area contributed by atoms with E-state index < -0.39 is 0 Å². The molecule has 4 rings (SSSR count). The minimum atomic E-state index is -0.105. The molecular formula is C25H22Cl2N2O3. The van der Waals surface area contributed by atoms with Crippen LogP contribution in [0.3, 0.4) is 0 Å². The summed E-state index contributed by atoms with van der Waals surface area (Å²) in [5, 5.41) is 1.76. The Balaban J connectivity index is 1.46. The molecule has 0 aliphatic carbocycles. The number of para-hydroxylation sites is 1. The zero-order chi connectivity index (χ0) is 22.5. The molecule has 0 fully saturated rings. The summed E-state index contributed by atoms with van der Waals surface area (Å²) < 4.78 is 13.1. The van der Waals surface area contributed by atoms with Crippen molar-refractivity contribution in [2.45, 2.75) is 13.5 Å². The second-order valence-corrected chi connectivity index (χ2v) is 8.15. The van der Waals surface area contributed by atoms with Gasteiger partial charge in [-0.3, -0.25) is 9.36 Å². The van der Waals surface area contributed by atoms with Crippen LogP contribution >= 0.6 is 23.2 Å². The van der Waals surface area contributed by atoms with Crippen molar-refractivity contribution >= 4 is 34.1 Å². The van der Waals surface area contributed by atoms with Crippen molar-refractivity contribution in [1.29, 1.82) is 0 Å². The Morgan fingerprint density at radius 2 is 1.72 bits per heavy atom. The van der Waals surface area contributed by atoms with Crippen molar-refractivity contribution in [2.75, 3.05) is 19.8 Å². The lowest BCUT2D eigenvalue weighted by Crippen LogP contribution is -2.26. The molecule has 4 aromatic rings. The number of fused-ring (bicyclic) bond motifs is 1. The molecule has 5 nitrogen and oxygen atoms in total. The van der Waals surface area contributed by atoms with Crippen molar-refractivity contribution < 1.29 is 9.47 Å². The first-order chi connectivity index (χ1) is 15.5. The maximum Gasteiger partial charge on any atom is 0.261 e. The van der Waals surface area contributed by atoms with Crippen LogP contribution in [0.2, 0.25) is 10.0 Å². The Labute approximate surface area is 196 Å². The van der Waals surface area contributed by atoms with Gasteiger partial charge in [-0.25, -0.2) is 4.98 Å². The van der Waals surface area contributed by atoms with Crippen molar-refractivity contribution in [3.05, 3.63) is 92.7 Å². The number of aromatic nitrogens is 2. The van der Waals surface area contributed by atoms with Gasteiger partial charge < -0.3 is 9.47 Å². The number of hydrogen-bond acceptors (Lipinski definition) is 4. The molecule has 0 unspecified atom stereocenters. The van der Waals surface area contributed by atoms with E-state index in [0.717, 1.165) is 11.1 Å². The third-order valence-corrected chi connectivity index (χ3v) is 5.56. The molecule has 0 spiro atoms. The molecule has 0 N–H and O–H groups in total. The van der Waals surface area contributed by atoms with E-state index in [4.69, 9.17) is 37.7 Å². The second-order valence-electron chi connectivity index (χ2n) is 7.31. The van der Waals surface area contributed by atoms with Crippen LogP contribution in [0.5, 0.6) is 5.75 Å². The maximum absolute atomic E-state index is 13.2. The lowest BCUT2D eigenvalue weighted by Gasteiger charge is -2.14. The highest BCUT2D eigenvalue weighted by Gasteiger charge is 2.13. The fourth-order valence-electron chi connectivity index (χ4n) is 3.38. The SMILES string of the molecule is Cc1ccc(Cl)c(OCCOCCn2c(-c3ccc(Cl)cc3)nc3ccccc3c2=O)c1. The minimum absolute atomic E-state index is 0.105. The highest BCUT2D eigenvalue weighted by atomic mass is 35.5. The Morgan fingerprint density at radius 3 is 2.53 bits per heavy atom. The molecule has 0 aliphatic heterocycles. The van der Waals surface area contributed by atoms with Crippen LogP contribution in [0.15, 0.2) is 71.5 Å². The molecule has 0 saturated carbocycles. The van der Waals surface area contributed by atoms with Crippen LogP contribution in [0, 0.1) is 6.92 Å². The Kier molecular flexibility index (Phi) is 7.10.